The summed E-state index contributed by atoms with van der Waals surface area (Å²) in [6.07, 6.45) is 0.147. The minimum absolute atomic E-state index is 0.122. The number of amides is 2. The molecule has 1 aliphatic heterocycles. The van der Waals surface area contributed by atoms with E-state index in [0.29, 0.717) is 37.6 Å². The summed E-state index contributed by atoms with van der Waals surface area (Å²) in [7, 11) is 3.36. The topological polar surface area (TPSA) is 85.1 Å². The van der Waals surface area contributed by atoms with E-state index < -0.39 is 6.10 Å². The number of hydrogen-bond acceptors (Lipinski definition) is 5. The lowest BCUT2D eigenvalue weighted by molar-refractivity contribution is -0.145. The van der Waals surface area contributed by atoms with E-state index in [1.54, 1.807) is 31.1 Å². The maximum Gasteiger partial charge on any atom is 0.254 e. The molecule has 0 radical (unpaired) electrons. The molecule has 1 aliphatic rings. The lowest BCUT2D eigenvalue weighted by Gasteiger charge is -2.33. The van der Waals surface area contributed by atoms with E-state index in [0.717, 1.165) is 12.0 Å². The van der Waals surface area contributed by atoms with Crippen LogP contribution in [0.5, 0.6) is 5.75 Å². The molecule has 0 unspecified atom stereocenters. The van der Waals surface area contributed by atoms with Gasteiger partial charge in [-0.05, 0) is 37.6 Å². The Bertz CT molecular complexity index is 618. The first-order chi connectivity index (χ1) is 11.9. The molecule has 1 fully saturated rings. The quantitative estimate of drug-likeness (QED) is 0.763. The summed E-state index contributed by atoms with van der Waals surface area (Å²) < 4.78 is 11.2. The van der Waals surface area contributed by atoms with E-state index in [2.05, 4.69) is 0 Å². The molecule has 7 heteroatoms. The lowest BCUT2D eigenvalue weighted by Crippen LogP contribution is -2.51. The van der Waals surface area contributed by atoms with Crippen LogP contribution in [-0.4, -0.2) is 74.7 Å². The van der Waals surface area contributed by atoms with Gasteiger partial charge in [0, 0.05) is 26.2 Å². The van der Waals surface area contributed by atoms with Gasteiger partial charge in [0.05, 0.1) is 19.8 Å². The Morgan fingerprint density at radius 2 is 2.16 bits per heavy atom. The van der Waals surface area contributed by atoms with Gasteiger partial charge < -0.3 is 25.0 Å². The van der Waals surface area contributed by atoms with Crippen molar-refractivity contribution in [3.63, 3.8) is 0 Å². The van der Waals surface area contributed by atoms with Gasteiger partial charge in [-0.3, -0.25) is 9.59 Å². The third-order valence-electron chi connectivity index (χ3n) is 4.11. The van der Waals surface area contributed by atoms with Crippen molar-refractivity contribution in [3.05, 3.63) is 29.3 Å². The van der Waals surface area contributed by atoms with Gasteiger partial charge in [0.1, 0.15) is 5.75 Å². The number of nitrogens with zero attached hydrogens (tertiary/aromatic N) is 2. The summed E-state index contributed by atoms with van der Waals surface area (Å²) in [4.78, 5) is 28.0. The van der Waals surface area contributed by atoms with Crippen molar-refractivity contribution in [1.82, 2.24) is 9.80 Å². The molecule has 1 aromatic carbocycles. The maximum atomic E-state index is 12.8. The smallest absolute Gasteiger partial charge is 0.254 e. The molecule has 25 heavy (non-hydrogen) atoms. The molecule has 2 amide bonds. The highest BCUT2D eigenvalue weighted by molar-refractivity contribution is 5.95. The standard InChI is InChI=1S/C18H27N3O4/c1-13-5-6-14(11-15(13)24-9-4-7-19)17(22)21-8-10-25-16(12-21)18(23)20(2)3/h5-6,11,16H,4,7-10,12,19H2,1-3H3/t16-/m0/s1. The van der Waals surface area contributed by atoms with Crippen LogP contribution in [0.25, 0.3) is 0 Å². The molecule has 7 nitrogen and oxygen atoms in total. The zero-order valence-electron chi connectivity index (χ0n) is 15.2. The summed E-state index contributed by atoms with van der Waals surface area (Å²) in [5, 5.41) is 0. The second-order valence-electron chi connectivity index (χ2n) is 6.31. The fourth-order valence-electron chi connectivity index (χ4n) is 2.61. The SMILES string of the molecule is Cc1ccc(C(=O)N2CCO[C@H](C(=O)N(C)C)C2)cc1OCCCN. The van der Waals surface area contributed by atoms with Gasteiger partial charge >= 0.3 is 0 Å². The average molecular weight is 349 g/mol. The highest BCUT2D eigenvalue weighted by atomic mass is 16.5. The third kappa shape index (κ3) is 4.93. The number of ether oxygens (including phenoxy) is 2. The van der Waals surface area contributed by atoms with E-state index in [9.17, 15) is 9.59 Å². The number of likely N-dealkylation sites (N-methyl/N-ethyl adjacent to an activating group) is 1. The van der Waals surface area contributed by atoms with Crippen molar-refractivity contribution in [3.8, 4) is 5.75 Å². The molecule has 1 heterocycles. The van der Waals surface area contributed by atoms with Gasteiger partial charge in [-0.1, -0.05) is 6.07 Å². The number of carbonyl (C=O) groups excluding carboxylic acids is 2. The van der Waals surface area contributed by atoms with Gasteiger partial charge in [0.2, 0.25) is 0 Å². The summed E-state index contributed by atoms with van der Waals surface area (Å²) in [5.74, 6) is 0.434. The Hall–Kier alpha value is -2.12. The molecule has 2 rings (SSSR count). The molecule has 2 N–H and O–H groups in total. The van der Waals surface area contributed by atoms with Crippen molar-refractivity contribution in [2.45, 2.75) is 19.4 Å². The van der Waals surface area contributed by atoms with Crippen LogP contribution in [-0.2, 0) is 9.53 Å². The Kier molecular flexibility index (Phi) is 6.78. The highest BCUT2D eigenvalue weighted by Crippen LogP contribution is 2.21. The van der Waals surface area contributed by atoms with Gasteiger partial charge in [0.25, 0.3) is 11.8 Å². The Labute approximate surface area is 148 Å². The van der Waals surface area contributed by atoms with E-state index in [4.69, 9.17) is 15.2 Å². The third-order valence-corrected chi connectivity index (χ3v) is 4.11. The fourth-order valence-corrected chi connectivity index (χ4v) is 2.61. The number of aryl methyl sites for hydroxylation is 1. The number of benzene rings is 1. The van der Waals surface area contributed by atoms with Gasteiger partial charge in [0.15, 0.2) is 6.10 Å². The number of nitrogens with two attached hydrogens (primary N) is 1. The molecular formula is C18H27N3O4. The highest BCUT2D eigenvalue weighted by Gasteiger charge is 2.30. The maximum absolute atomic E-state index is 12.8. The predicted molar refractivity (Wildman–Crippen MR) is 94.7 cm³/mol. The van der Waals surface area contributed by atoms with Crippen LogP contribution in [0.4, 0.5) is 0 Å². The van der Waals surface area contributed by atoms with Gasteiger partial charge in [-0.25, -0.2) is 0 Å². The largest absolute Gasteiger partial charge is 0.493 e. The normalized spacial score (nSPS) is 17.3. The molecule has 0 aromatic heterocycles. The lowest BCUT2D eigenvalue weighted by atomic mass is 10.1. The Balaban J connectivity index is 2.08. The average Bonchev–Trinajstić information content (AvgIpc) is 2.62. The minimum Gasteiger partial charge on any atom is -0.493 e. The Morgan fingerprint density at radius 1 is 1.40 bits per heavy atom. The molecule has 0 saturated carbocycles. The van der Waals surface area contributed by atoms with Crippen LogP contribution in [0, 0.1) is 6.92 Å². The zero-order valence-corrected chi connectivity index (χ0v) is 15.2. The van der Waals surface area contributed by atoms with Crippen LogP contribution in [0.2, 0.25) is 0 Å². The summed E-state index contributed by atoms with van der Waals surface area (Å²) in [6, 6.07) is 5.41. The summed E-state index contributed by atoms with van der Waals surface area (Å²) in [6.45, 7) is 4.09. The van der Waals surface area contributed by atoms with Crippen molar-refractivity contribution in [1.29, 1.82) is 0 Å². The van der Waals surface area contributed by atoms with Crippen molar-refractivity contribution >= 4 is 11.8 Å². The molecule has 1 aromatic rings. The van der Waals surface area contributed by atoms with Crippen molar-refractivity contribution in [2.24, 2.45) is 5.73 Å². The number of carbonyl (C=O) groups is 2. The van der Waals surface area contributed by atoms with Crippen LogP contribution >= 0.6 is 0 Å². The first kappa shape index (κ1) is 19.2. The molecule has 1 saturated heterocycles. The minimum atomic E-state index is -0.613. The van der Waals surface area contributed by atoms with Crippen LogP contribution < -0.4 is 10.5 Å². The van der Waals surface area contributed by atoms with E-state index in [1.165, 1.54) is 4.90 Å². The molecule has 0 bridgehead atoms. The van der Waals surface area contributed by atoms with E-state index >= 15 is 0 Å². The fraction of sp³-hybridized carbons (Fsp3) is 0.556. The van der Waals surface area contributed by atoms with E-state index in [1.807, 2.05) is 13.0 Å². The summed E-state index contributed by atoms with van der Waals surface area (Å²) >= 11 is 0. The van der Waals surface area contributed by atoms with Crippen LogP contribution in [0.15, 0.2) is 18.2 Å². The molecular weight excluding hydrogens is 322 g/mol. The first-order valence-corrected chi connectivity index (χ1v) is 8.49. The van der Waals surface area contributed by atoms with Gasteiger partial charge in [-0.15, -0.1) is 0 Å². The summed E-state index contributed by atoms with van der Waals surface area (Å²) in [5.41, 5.74) is 7.00. The van der Waals surface area contributed by atoms with Crippen LogP contribution in [0.3, 0.4) is 0 Å². The van der Waals surface area contributed by atoms with Crippen LogP contribution in [0.1, 0.15) is 22.3 Å². The molecule has 0 aliphatic carbocycles. The van der Waals surface area contributed by atoms with Crippen molar-refractivity contribution < 1.29 is 19.1 Å². The predicted octanol–water partition coefficient (Wildman–Crippen LogP) is 0.652. The molecule has 0 spiro atoms. The first-order valence-electron chi connectivity index (χ1n) is 8.49. The van der Waals surface area contributed by atoms with Crippen molar-refractivity contribution in [2.75, 3.05) is 46.9 Å². The monoisotopic (exact) mass is 349 g/mol. The molecule has 1 atom stereocenters. The molecule has 138 valence electrons. The number of rotatable bonds is 6. The van der Waals surface area contributed by atoms with Gasteiger partial charge in [-0.2, -0.15) is 0 Å². The van der Waals surface area contributed by atoms with E-state index in [-0.39, 0.29) is 18.4 Å². The number of hydrogen-bond donors (Lipinski definition) is 1. The number of morpholine rings is 1. The Morgan fingerprint density at radius 3 is 2.84 bits per heavy atom. The second kappa shape index (κ2) is 8.82. The second-order valence-corrected chi connectivity index (χ2v) is 6.31. The zero-order chi connectivity index (χ0) is 18.4.